The van der Waals surface area contributed by atoms with Crippen LogP contribution in [0.4, 0.5) is 0 Å². The molecule has 0 aliphatic carbocycles. The number of aromatic amines is 1. The van der Waals surface area contributed by atoms with E-state index in [9.17, 15) is 0 Å². The number of H-pyrrole nitrogens is 1. The fraction of sp³-hybridized carbons (Fsp3) is 0.143. The molecule has 0 atom stereocenters. The molecule has 2 aromatic heterocycles. The number of imidazole rings is 1. The molecule has 0 spiro atoms. The van der Waals surface area contributed by atoms with E-state index >= 15 is 0 Å². The van der Waals surface area contributed by atoms with Crippen molar-refractivity contribution in [2.45, 2.75) is 0 Å². The van der Waals surface area contributed by atoms with Crippen LogP contribution in [0, 0.1) is 0 Å². The first kappa shape index (κ1) is 11.5. The van der Waals surface area contributed by atoms with E-state index in [1.165, 1.54) is 0 Å². The van der Waals surface area contributed by atoms with Crippen LogP contribution in [0.15, 0.2) is 36.5 Å². The Bertz CT molecular complexity index is 722. The summed E-state index contributed by atoms with van der Waals surface area (Å²) < 4.78 is 10.4. The number of hydrogen-bond acceptors (Lipinski definition) is 4. The zero-order chi connectivity index (χ0) is 13.2. The number of methoxy groups -OCH3 is 2. The minimum Gasteiger partial charge on any atom is -0.497 e. The molecule has 0 radical (unpaired) electrons. The van der Waals surface area contributed by atoms with Crippen LogP contribution >= 0.6 is 0 Å². The fourth-order valence-corrected chi connectivity index (χ4v) is 1.90. The molecular formula is C14H13N3O2. The van der Waals surface area contributed by atoms with E-state index in [0.717, 1.165) is 28.2 Å². The topological polar surface area (TPSA) is 60.0 Å². The van der Waals surface area contributed by atoms with E-state index in [-0.39, 0.29) is 0 Å². The van der Waals surface area contributed by atoms with E-state index in [2.05, 4.69) is 15.0 Å². The molecule has 0 fully saturated rings. The lowest BCUT2D eigenvalue weighted by atomic mass is 10.3. The van der Waals surface area contributed by atoms with Gasteiger partial charge in [0.15, 0.2) is 5.82 Å². The molecule has 5 nitrogen and oxygen atoms in total. The average Bonchev–Trinajstić information content (AvgIpc) is 2.90. The lowest BCUT2D eigenvalue weighted by molar-refractivity contribution is 0.414. The summed E-state index contributed by atoms with van der Waals surface area (Å²) in [6.07, 6.45) is 1.70. The van der Waals surface area contributed by atoms with Crippen LogP contribution in [-0.4, -0.2) is 29.2 Å². The van der Waals surface area contributed by atoms with Gasteiger partial charge in [0.25, 0.3) is 0 Å². The maximum atomic E-state index is 5.19. The van der Waals surface area contributed by atoms with Gasteiger partial charge in [0.05, 0.1) is 25.3 Å². The van der Waals surface area contributed by atoms with E-state index in [4.69, 9.17) is 9.47 Å². The van der Waals surface area contributed by atoms with Gasteiger partial charge in [-0.2, -0.15) is 0 Å². The Balaban J connectivity index is 2.09. The van der Waals surface area contributed by atoms with Crippen molar-refractivity contribution in [3.05, 3.63) is 36.5 Å². The number of benzene rings is 1. The Morgan fingerprint density at radius 3 is 2.58 bits per heavy atom. The van der Waals surface area contributed by atoms with Gasteiger partial charge in [-0.1, -0.05) is 0 Å². The molecule has 0 bridgehead atoms. The predicted molar refractivity (Wildman–Crippen MR) is 72.4 cm³/mol. The highest BCUT2D eigenvalue weighted by atomic mass is 16.5. The Morgan fingerprint density at radius 2 is 1.79 bits per heavy atom. The van der Waals surface area contributed by atoms with Crippen LogP contribution in [0.25, 0.3) is 22.6 Å². The summed E-state index contributed by atoms with van der Waals surface area (Å²) in [5.74, 6) is 2.24. The highest BCUT2D eigenvalue weighted by molar-refractivity contribution is 5.80. The highest BCUT2D eigenvalue weighted by Gasteiger charge is 2.08. The molecule has 0 saturated carbocycles. The first-order chi connectivity index (χ1) is 9.30. The Hall–Kier alpha value is -2.56. The van der Waals surface area contributed by atoms with Crippen LogP contribution in [-0.2, 0) is 0 Å². The molecular weight excluding hydrogens is 242 g/mol. The smallest absolute Gasteiger partial charge is 0.157 e. The molecule has 5 heteroatoms. The van der Waals surface area contributed by atoms with Gasteiger partial charge in [-0.3, -0.25) is 4.98 Å². The lowest BCUT2D eigenvalue weighted by Gasteiger charge is -2.00. The van der Waals surface area contributed by atoms with Gasteiger partial charge in [0.2, 0.25) is 0 Å². The first-order valence-corrected chi connectivity index (χ1v) is 5.84. The number of hydrogen-bond donors (Lipinski definition) is 1. The number of ether oxygens (including phenoxy) is 2. The highest BCUT2D eigenvalue weighted by Crippen LogP contribution is 2.24. The van der Waals surface area contributed by atoms with Crippen molar-refractivity contribution in [1.29, 1.82) is 0 Å². The van der Waals surface area contributed by atoms with E-state index in [1.54, 1.807) is 26.5 Å². The van der Waals surface area contributed by atoms with Gasteiger partial charge in [0.1, 0.15) is 17.2 Å². The molecule has 1 aromatic carbocycles. The molecule has 1 N–H and O–H groups in total. The molecule has 2 heterocycles. The fourth-order valence-electron chi connectivity index (χ4n) is 1.90. The van der Waals surface area contributed by atoms with Gasteiger partial charge in [-0.15, -0.1) is 0 Å². The quantitative estimate of drug-likeness (QED) is 0.781. The largest absolute Gasteiger partial charge is 0.497 e. The van der Waals surface area contributed by atoms with Gasteiger partial charge >= 0.3 is 0 Å². The second kappa shape index (κ2) is 4.61. The third kappa shape index (κ3) is 2.10. The molecule has 0 amide bonds. The summed E-state index contributed by atoms with van der Waals surface area (Å²) >= 11 is 0. The number of aromatic nitrogens is 3. The third-order valence-electron chi connectivity index (χ3n) is 2.90. The normalized spacial score (nSPS) is 10.6. The van der Waals surface area contributed by atoms with E-state index < -0.39 is 0 Å². The standard InChI is InChI=1S/C14H13N3O2/c1-18-9-3-4-11-12(7-9)17-14(16-11)13-8-10(19-2)5-6-15-13/h3-8H,1-2H3,(H,16,17). The first-order valence-electron chi connectivity index (χ1n) is 5.84. The minimum atomic E-state index is 0.710. The molecule has 96 valence electrons. The Labute approximate surface area is 110 Å². The number of nitrogens with one attached hydrogen (secondary N) is 1. The minimum absolute atomic E-state index is 0.710. The molecule has 0 saturated heterocycles. The molecule has 3 aromatic rings. The van der Waals surface area contributed by atoms with Crippen molar-refractivity contribution in [3.63, 3.8) is 0 Å². The van der Waals surface area contributed by atoms with Crippen molar-refractivity contribution in [2.75, 3.05) is 14.2 Å². The van der Waals surface area contributed by atoms with Crippen molar-refractivity contribution >= 4 is 11.0 Å². The van der Waals surface area contributed by atoms with Crippen molar-refractivity contribution in [2.24, 2.45) is 0 Å². The number of nitrogens with zero attached hydrogens (tertiary/aromatic N) is 2. The molecule has 0 aliphatic heterocycles. The maximum absolute atomic E-state index is 5.19. The molecule has 0 unspecified atom stereocenters. The predicted octanol–water partition coefficient (Wildman–Crippen LogP) is 2.64. The second-order valence-corrected chi connectivity index (χ2v) is 4.05. The summed E-state index contributed by atoms with van der Waals surface area (Å²) in [6, 6.07) is 9.35. The van der Waals surface area contributed by atoms with Crippen LogP contribution < -0.4 is 9.47 Å². The van der Waals surface area contributed by atoms with Gasteiger partial charge in [-0.05, 0) is 18.2 Å². The summed E-state index contributed by atoms with van der Waals surface area (Å²) in [4.78, 5) is 12.0. The summed E-state index contributed by atoms with van der Waals surface area (Å²) in [5.41, 5.74) is 2.54. The number of rotatable bonds is 3. The van der Waals surface area contributed by atoms with Crippen molar-refractivity contribution in [1.82, 2.24) is 15.0 Å². The third-order valence-corrected chi connectivity index (χ3v) is 2.90. The van der Waals surface area contributed by atoms with Gasteiger partial charge < -0.3 is 14.5 Å². The lowest BCUT2D eigenvalue weighted by Crippen LogP contribution is -1.88. The van der Waals surface area contributed by atoms with E-state index in [1.807, 2.05) is 24.3 Å². The zero-order valence-corrected chi connectivity index (χ0v) is 10.7. The molecule has 0 aliphatic rings. The van der Waals surface area contributed by atoms with Crippen LogP contribution in [0.3, 0.4) is 0 Å². The average molecular weight is 255 g/mol. The summed E-state index contributed by atoms with van der Waals surface area (Å²) in [5, 5.41) is 0. The van der Waals surface area contributed by atoms with Gasteiger partial charge in [-0.25, -0.2) is 4.98 Å². The zero-order valence-electron chi connectivity index (χ0n) is 10.7. The van der Waals surface area contributed by atoms with E-state index in [0.29, 0.717) is 5.82 Å². The second-order valence-electron chi connectivity index (χ2n) is 4.05. The van der Waals surface area contributed by atoms with Gasteiger partial charge in [0, 0.05) is 18.3 Å². The summed E-state index contributed by atoms with van der Waals surface area (Å²) in [6.45, 7) is 0. The van der Waals surface area contributed by atoms with Crippen LogP contribution in [0.5, 0.6) is 11.5 Å². The summed E-state index contributed by atoms with van der Waals surface area (Å²) in [7, 11) is 3.26. The Morgan fingerprint density at radius 1 is 1.00 bits per heavy atom. The van der Waals surface area contributed by atoms with Crippen molar-refractivity contribution < 1.29 is 9.47 Å². The maximum Gasteiger partial charge on any atom is 0.157 e. The van der Waals surface area contributed by atoms with Crippen LogP contribution in [0.2, 0.25) is 0 Å². The Kier molecular flexibility index (Phi) is 2.79. The van der Waals surface area contributed by atoms with Crippen LogP contribution in [0.1, 0.15) is 0 Å². The van der Waals surface area contributed by atoms with Crippen molar-refractivity contribution in [3.8, 4) is 23.0 Å². The number of pyridine rings is 1. The molecule has 3 rings (SSSR count). The monoisotopic (exact) mass is 255 g/mol. The number of fused-ring (bicyclic) bond motifs is 1. The molecule has 19 heavy (non-hydrogen) atoms. The SMILES string of the molecule is COc1ccnc(-c2nc3cc(OC)ccc3[nH]2)c1.